The van der Waals surface area contributed by atoms with E-state index in [4.69, 9.17) is 17.0 Å². The van der Waals surface area contributed by atoms with E-state index < -0.39 is 0 Å². The zero-order valence-corrected chi connectivity index (χ0v) is 19.1. The molecule has 3 rings (SSSR count). The third kappa shape index (κ3) is 7.20. The molecule has 2 aromatic rings. The molecule has 7 heteroatoms. The van der Waals surface area contributed by atoms with Gasteiger partial charge in [0.2, 0.25) is 5.91 Å². The number of carbonyl (C=O) groups excluding carboxylic acids is 2. The molecule has 1 aliphatic heterocycles. The number of thiocarbonyl (C=S) groups is 1. The molecule has 1 fully saturated rings. The van der Waals surface area contributed by atoms with Crippen LogP contribution in [0.4, 0.5) is 5.69 Å². The number of hydrogen-bond donors (Lipinski definition) is 2. The van der Waals surface area contributed by atoms with Gasteiger partial charge in [0.1, 0.15) is 5.75 Å². The number of hydrogen-bond acceptors (Lipinski definition) is 4. The fourth-order valence-corrected chi connectivity index (χ4v) is 3.73. The number of rotatable bonds is 6. The molecule has 1 saturated heterocycles. The number of likely N-dealkylation sites (tertiary alicyclic amines) is 1. The van der Waals surface area contributed by atoms with Crippen molar-refractivity contribution in [1.29, 1.82) is 0 Å². The van der Waals surface area contributed by atoms with Crippen LogP contribution in [0.25, 0.3) is 6.08 Å². The maximum Gasteiger partial charge on any atom is 0.253 e. The summed E-state index contributed by atoms with van der Waals surface area (Å²) in [5.41, 5.74) is 2.15. The minimum absolute atomic E-state index is 0.0313. The standard InChI is InChI=1S/C25H29N3O3S/c1-2-31-22-13-10-19(11-14-22)12-15-23(29)27-25(32)26-21-9-7-8-20(18-21)24(30)28-16-5-3-4-6-17-28/h7-15,18H,2-6,16-17H2,1H3,(H2,26,27,29,32)/b15-12+. The lowest BCUT2D eigenvalue weighted by Gasteiger charge is -2.20. The smallest absolute Gasteiger partial charge is 0.253 e. The molecule has 2 N–H and O–H groups in total. The fraction of sp³-hybridized carbons (Fsp3) is 0.320. The van der Waals surface area contributed by atoms with E-state index in [9.17, 15) is 9.59 Å². The van der Waals surface area contributed by atoms with Crippen LogP contribution in [-0.4, -0.2) is 41.5 Å². The van der Waals surface area contributed by atoms with Gasteiger partial charge in [0.25, 0.3) is 5.91 Å². The Morgan fingerprint density at radius 3 is 2.47 bits per heavy atom. The molecule has 0 spiro atoms. The molecular formula is C25H29N3O3S. The first kappa shape index (κ1) is 23.5. The molecule has 0 bridgehead atoms. The quantitative estimate of drug-likeness (QED) is 0.495. The number of carbonyl (C=O) groups is 2. The number of anilines is 1. The van der Waals surface area contributed by atoms with Crippen molar-refractivity contribution in [2.75, 3.05) is 25.0 Å². The van der Waals surface area contributed by atoms with Crippen LogP contribution in [0.2, 0.25) is 0 Å². The lowest BCUT2D eigenvalue weighted by molar-refractivity contribution is -0.115. The molecule has 0 aliphatic carbocycles. The van der Waals surface area contributed by atoms with Crippen molar-refractivity contribution in [3.05, 3.63) is 65.7 Å². The van der Waals surface area contributed by atoms with E-state index in [2.05, 4.69) is 10.6 Å². The molecule has 2 aromatic carbocycles. The van der Waals surface area contributed by atoms with Crippen LogP contribution in [0.3, 0.4) is 0 Å². The van der Waals surface area contributed by atoms with Gasteiger partial charge in [-0.05, 0) is 74.0 Å². The van der Waals surface area contributed by atoms with Crippen molar-refractivity contribution in [3.63, 3.8) is 0 Å². The van der Waals surface area contributed by atoms with Crippen molar-refractivity contribution in [2.45, 2.75) is 32.6 Å². The van der Waals surface area contributed by atoms with Crippen LogP contribution in [0.15, 0.2) is 54.6 Å². The molecule has 0 atom stereocenters. The monoisotopic (exact) mass is 451 g/mol. The second-order valence-corrected chi connectivity index (χ2v) is 7.97. The van der Waals surface area contributed by atoms with Crippen molar-refractivity contribution in [1.82, 2.24) is 10.2 Å². The van der Waals surface area contributed by atoms with Gasteiger partial charge in [-0.3, -0.25) is 14.9 Å². The maximum atomic E-state index is 12.8. The zero-order chi connectivity index (χ0) is 22.8. The van der Waals surface area contributed by atoms with Crippen LogP contribution in [-0.2, 0) is 4.79 Å². The second-order valence-electron chi connectivity index (χ2n) is 7.57. The molecule has 32 heavy (non-hydrogen) atoms. The highest BCUT2D eigenvalue weighted by molar-refractivity contribution is 7.80. The highest BCUT2D eigenvalue weighted by atomic mass is 32.1. The van der Waals surface area contributed by atoms with E-state index in [0.29, 0.717) is 17.9 Å². The minimum atomic E-state index is -0.340. The first-order chi connectivity index (χ1) is 15.5. The van der Waals surface area contributed by atoms with Crippen LogP contribution < -0.4 is 15.4 Å². The Bertz CT molecular complexity index is 965. The Kier molecular flexibility index (Phi) is 8.80. The zero-order valence-electron chi connectivity index (χ0n) is 18.3. The minimum Gasteiger partial charge on any atom is -0.494 e. The summed E-state index contributed by atoms with van der Waals surface area (Å²) < 4.78 is 5.41. The third-order valence-corrected chi connectivity index (χ3v) is 5.32. The number of ether oxygens (including phenoxy) is 1. The molecule has 0 radical (unpaired) electrons. The largest absolute Gasteiger partial charge is 0.494 e. The molecular weight excluding hydrogens is 422 g/mol. The van der Waals surface area contributed by atoms with E-state index in [1.165, 1.54) is 18.9 Å². The lowest BCUT2D eigenvalue weighted by Crippen LogP contribution is -2.33. The molecule has 0 unspecified atom stereocenters. The Hall–Kier alpha value is -3.19. The van der Waals surface area contributed by atoms with Gasteiger partial charge in [-0.25, -0.2) is 0 Å². The third-order valence-electron chi connectivity index (χ3n) is 5.12. The van der Waals surface area contributed by atoms with E-state index >= 15 is 0 Å². The van der Waals surface area contributed by atoms with E-state index in [1.807, 2.05) is 48.2 Å². The predicted molar refractivity (Wildman–Crippen MR) is 132 cm³/mol. The highest BCUT2D eigenvalue weighted by Crippen LogP contribution is 2.17. The summed E-state index contributed by atoms with van der Waals surface area (Å²) >= 11 is 5.25. The average Bonchev–Trinajstić information content (AvgIpc) is 3.08. The predicted octanol–water partition coefficient (Wildman–Crippen LogP) is 4.63. The Labute approximate surface area is 194 Å². The molecule has 1 heterocycles. The SMILES string of the molecule is CCOc1ccc(/C=C/C(=O)NC(=S)Nc2cccc(C(=O)N3CCCCCC3)c2)cc1. The van der Waals surface area contributed by atoms with Crippen molar-refractivity contribution in [3.8, 4) is 5.75 Å². The summed E-state index contributed by atoms with van der Waals surface area (Å²) in [5.74, 6) is 0.480. The van der Waals surface area contributed by atoms with Gasteiger partial charge in [-0.2, -0.15) is 0 Å². The number of benzene rings is 2. The Morgan fingerprint density at radius 1 is 1.06 bits per heavy atom. The number of nitrogens with zero attached hydrogens (tertiary/aromatic N) is 1. The Morgan fingerprint density at radius 2 is 1.78 bits per heavy atom. The van der Waals surface area contributed by atoms with Gasteiger partial charge >= 0.3 is 0 Å². The van der Waals surface area contributed by atoms with Crippen molar-refractivity contribution < 1.29 is 14.3 Å². The molecule has 2 amide bonds. The molecule has 168 valence electrons. The highest BCUT2D eigenvalue weighted by Gasteiger charge is 2.17. The summed E-state index contributed by atoms with van der Waals surface area (Å²) in [4.78, 5) is 26.9. The molecule has 1 aliphatic rings. The summed E-state index contributed by atoms with van der Waals surface area (Å²) in [7, 11) is 0. The first-order valence-corrected chi connectivity index (χ1v) is 11.4. The Balaban J connectivity index is 1.53. The fourth-order valence-electron chi connectivity index (χ4n) is 3.52. The normalized spacial score (nSPS) is 14.0. The van der Waals surface area contributed by atoms with Crippen LogP contribution in [0, 0.1) is 0 Å². The lowest BCUT2D eigenvalue weighted by atomic mass is 10.1. The van der Waals surface area contributed by atoms with Crippen LogP contribution in [0.5, 0.6) is 5.75 Å². The summed E-state index contributed by atoms with van der Waals surface area (Å²) in [6.45, 7) is 4.13. The topological polar surface area (TPSA) is 70.7 Å². The average molecular weight is 452 g/mol. The van der Waals surface area contributed by atoms with Crippen molar-refractivity contribution >= 4 is 40.9 Å². The molecule has 0 aromatic heterocycles. The van der Waals surface area contributed by atoms with Gasteiger partial charge in [-0.1, -0.05) is 31.0 Å². The van der Waals surface area contributed by atoms with Crippen LogP contribution >= 0.6 is 12.2 Å². The number of nitrogens with one attached hydrogen (secondary N) is 2. The van der Waals surface area contributed by atoms with E-state index in [-0.39, 0.29) is 16.9 Å². The number of amides is 2. The second kappa shape index (κ2) is 12.0. The maximum absolute atomic E-state index is 12.8. The summed E-state index contributed by atoms with van der Waals surface area (Å²) in [6, 6.07) is 14.6. The van der Waals surface area contributed by atoms with Gasteiger partial charge < -0.3 is 15.0 Å². The summed E-state index contributed by atoms with van der Waals surface area (Å²) in [6.07, 6.45) is 7.56. The molecule has 6 nitrogen and oxygen atoms in total. The summed E-state index contributed by atoms with van der Waals surface area (Å²) in [5, 5.41) is 5.78. The van der Waals surface area contributed by atoms with Gasteiger partial charge in [0, 0.05) is 30.4 Å². The van der Waals surface area contributed by atoms with Gasteiger partial charge in [0.15, 0.2) is 5.11 Å². The van der Waals surface area contributed by atoms with Gasteiger partial charge in [0.05, 0.1) is 6.61 Å². The van der Waals surface area contributed by atoms with Crippen molar-refractivity contribution in [2.24, 2.45) is 0 Å². The van der Waals surface area contributed by atoms with Crippen LogP contribution in [0.1, 0.15) is 48.5 Å². The molecule has 0 saturated carbocycles. The van der Waals surface area contributed by atoms with E-state index in [1.54, 1.807) is 18.2 Å². The van der Waals surface area contributed by atoms with E-state index in [0.717, 1.165) is 37.2 Å². The first-order valence-electron chi connectivity index (χ1n) is 11.0. The van der Waals surface area contributed by atoms with Gasteiger partial charge in [-0.15, -0.1) is 0 Å².